The number of aryl methyl sites for hydroxylation is 2. The molecule has 1 fully saturated rings. The van der Waals surface area contributed by atoms with Crippen LogP contribution >= 0.6 is 0 Å². The molecule has 2 atom stereocenters. The Labute approximate surface area is 123 Å². The summed E-state index contributed by atoms with van der Waals surface area (Å²) in [5, 5.41) is 10.5. The molecule has 0 amide bonds. The van der Waals surface area contributed by atoms with Crippen molar-refractivity contribution in [2.75, 3.05) is 33.7 Å². The maximum Gasteiger partial charge on any atom is 0.0917 e. The van der Waals surface area contributed by atoms with E-state index in [1.54, 1.807) is 0 Å². The molecule has 2 rings (SSSR count). The number of aliphatic hydroxyl groups is 1. The highest BCUT2D eigenvalue weighted by molar-refractivity contribution is 5.31. The van der Waals surface area contributed by atoms with E-state index in [9.17, 15) is 5.11 Å². The predicted octanol–water partition coefficient (Wildman–Crippen LogP) is 2.36. The molecule has 1 aliphatic rings. The van der Waals surface area contributed by atoms with Crippen molar-refractivity contribution in [1.29, 1.82) is 0 Å². The van der Waals surface area contributed by atoms with Crippen LogP contribution in [0.25, 0.3) is 0 Å². The molecule has 1 aromatic carbocycles. The van der Waals surface area contributed by atoms with E-state index in [1.807, 2.05) is 0 Å². The molecule has 1 aliphatic heterocycles. The third-order valence-electron chi connectivity index (χ3n) is 4.56. The lowest BCUT2D eigenvalue weighted by atomic mass is 10.0. The molecule has 0 bridgehead atoms. The number of piperidine rings is 1. The largest absolute Gasteiger partial charge is 0.387 e. The average Bonchev–Trinajstić information content (AvgIpc) is 2.42. The second-order valence-electron chi connectivity index (χ2n) is 6.38. The fraction of sp³-hybridized carbons (Fsp3) is 0.647. The van der Waals surface area contributed by atoms with Crippen LogP contribution in [0.5, 0.6) is 0 Å². The maximum absolute atomic E-state index is 10.5. The van der Waals surface area contributed by atoms with Crippen molar-refractivity contribution in [3.8, 4) is 0 Å². The van der Waals surface area contributed by atoms with Gasteiger partial charge < -0.3 is 10.0 Å². The molecule has 0 saturated carbocycles. The Kier molecular flexibility index (Phi) is 5.19. The number of rotatable bonds is 4. The molecule has 2 unspecified atom stereocenters. The van der Waals surface area contributed by atoms with E-state index in [2.05, 4.69) is 55.9 Å². The number of likely N-dealkylation sites (tertiary alicyclic amines) is 1. The van der Waals surface area contributed by atoms with Crippen molar-refractivity contribution in [3.63, 3.8) is 0 Å². The molecule has 0 aromatic heterocycles. The quantitative estimate of drug-likeness (QED) is 0.914. The van der Waals surface area contributed by atoms with Gasteiger partial charge in [-0.3, -0.25) is 4.90 Å². The third kappa shape index (κ3) is 3.81. The van der Waals surface area contributed by atoms with Crippen molar-refractivity contribution in [2.24, 2.45) is 0 Å². The lowest BCUT2D eigenvalue weighted by molar-refractivity contribution is 0.0721. The summed E-state index contributed by atoms with van der Waals surface area (Å²) in [5.41, 5.74) is 3.58. The van der Waals surface area contributed by atoms with Crippen LogP contribution in [0.15, 0.2) is 18.2 Å². The summed E-state index contributed by atoms with van der Waals surface area (Å²) < 4.78 is 0. The van der Waals surface area contributed by atoms with Crippen molar-refractivity contribution in [2.45, 2.75) is 38.8 Å². The van der Waals surface area contributed by atoms with Gasteiger partial charge in [-0.25, -0.2) is 0 Å². The molecule has 1 N–H and O–H groups in total. The summed E-state index contributed by atoms with van der Waals surface area (Å²) in [5.74, 6) is 0. The number of nitrogens with zero attached hydrogens (tertiary/aromatic N) is 2. The number of β-amino-alcohol motifs (C(OH)–C–C–N with tert-alkyl or cyclic N) is 1. The molecule has 1 aromatic rings. The first-order valence-electron chi connectivity index (χ1n) is 7.61. The van der Waals surface area contributed by atoms with Crippen LogP contribution in [-0.4, -0.2) is 54.7 Å². The molecule has 0 radical (unpaired) electrons. The van der Waals surface area contributed by atoms with Crippen molar-refractivity contribution >= 4 is 0 Å². The summed E-state index contributed by atoms with van der Waals surface area (Å²) in [6.07, 6.45) is 2.11. The van der Waals surface area contributed by atoms with Gasteiger partial charge in [0.2, 0.25) is 0 Å². The van der Waals surface area contributed by atoms with E-state index >= 15 is 0 Å². The monoisotopic (exact) mass is 276 g/mol. The summed E-state index contributed by atoms with van der Waals surface area (Å²) in [7, 11) is 4.29. The number of hydrogen-bond donors (Lipinski definition) is 1. The topological polar surface area (TPSA) is 26.7 Å². The van der Waals surface area contributed by atoms with Crippen LogP contribution in [-0.2, 0) is 0 Å². The Bertz CT molecular complexity index is 445. The van der Waals surface area contributed by atoms with E-state index in [-0.39, 0.29) is 6.10 Å². The van der Waals surface area contributed by atoms with Gasteiger partial charge >= 0.3 is 0 Å². The highest BCUT2D eigenvalue weighted by Gasteiger charge is 2.23. The van der Waals surface area contributed by atoms with Crippen molar-refractivity contribution in [1.82, 2.24) is 9.80 Å². The second kappa shape index (κ2) is 6.70. The van der Waals surface area contributed by atoms with Gasteiger partial charge in [-0.2, -0.15) is 0 Å². The van der Waals surface area contributed by atoms with Crippen LogP contribution in [0.3, 0.4) is 0 Å². The van der Waals surface area contributed by atoms with E-state index in [0.717, 1.165) is 25.2 Å². The summed E-state index contributed by atoms with van der Waals surface area (Å²) in [4.78, 5) is 4.70. The Morgan fingerprint density at radius 2 is 2.05 bits per heavy atom. The average molecular weight is 276 g/mol. The first kappa shape index (κ1) is 15.5. The molecule has 3 heteroatoms. The lowest BCUT2D eigenvalue weighted by Gasteiger charge is -2.37. The van der Waals surface area contributed by atoms with E-state index in [0.29, 0.717) is 6.04 Å². The molecular formula is C17H28N2O. The maximum atomic E-state index is 10.5. The van der Waals surface area contributed by atoms with Crippen LogP contribution in [0, 0.1) is 13.8 Å². The molecule has 20 heavy (non-hydrogen) atoms. The van der Waals surface area contributed by atoms with Gasteiger partial charge in [-0.15, -0.1) is 0 Å². The lowest BCUT2D eigenvalue weighted by Crippen LogP contribution is -2.46. The van der Waals surface area contributed by atoms with Gasteiger partial charge in [0.15, 0.2) is 0 Å². The van der Waals surface area contributed by atoms with Crippen LogP contribution in [0.1, 0.15) is 35.6 Å². The van der Waals surface area contributed by atoms with Crippen molar-refractivity contribution in [3.05, 3.63) is 34.9 Å². The van der Waals surface area contributed by atoms with E-state index in [4.69, 9.17) is 0 Å². The second-order valence-corrected chi connectivity index (χ2v) is 6.38. The molecular weight excluding hydrogens is 248 g/mol. The number of benzene rings is 1. The fourth-order valence-electron chi connectivity index (χ4n) is 2.94. The summed E-state index contributed by atoms with van der Waals surface area (Å²) in [6.45, 7) is 7.13. The minimum absolute atomic E-state index is 0.379. The molecule has 3 nitrogen and oxygen atoms in total. The van der Waals surface area contributed by atoms with Gasteiger partial charge in [-0.05, 0) is 64.0 Å². The number of likely N-dealkylation sites (N-methyl/N-ethyl adjacent to an activating group) is 1. The minimum Gasteiger partial charge on any atom is -0.387 e. The first-order chi connectivity index (χ1) is 9.47. The highest BCUT2D eigenvalue weighted by atomic mass is 16.3. The third-order valence-corrected chi connectivity index (χ3v) is 4.56. The zero-order chi connectivity index (χ0) is 14.7. The molecule has 1 saturated heterocycles. The number of aliphatic hydroxyl groups excluding tert-OH is 1. The summed E-state index contributed by atoms with van der Waals surface area (Å²) in [6, 6.07) is 6.90. The van der Waals surface area contributed by atoms with Crippen LogP contribution in [0.2, 0.25) is 0 Å². The number of hydrogen-bond acceptors (Lipinski definition) is 3. The Hall–Kier alpha value is -0.900. The Balaban J connectivity index is 1.96. The Morgan fingerprint density at radius 3 is 2.70 bits per heavy atom. The minimum atomic E-state index is -0.379. The molecule has 0 spiro atoms. The van der Waals surface area contributed by atoms with Crippen molar-refractivity contribution < 1.29 is 5.11 Å². The fourth-order valence-corrected chi connectivity index (χ4v) is 2.94. The first-order valence-corrected chi connectivity index (χ1v) is 7.61. The zero-order valence-corrected chi connectivity index (χ0v) is 13.3. The smallest absolute Gasteiger partial charge is 0.0917 e. The zero-order valence-electron chi connectivity index (χ0n) is 13.3. The summed E-state index contributed by atoms with van der Waals surface area (Å²) >= 11 is 0. The predicted molar refractivity (Wildman–Crippen MR) is 84.0 cm³/mol. The van der Waals surface area contributed by atoms with E-state index < -0.39 is 0 Å². The molecule has 112 valence electrons. The van der Waals surface area contributed by atoms with Crippen LogP contribution < -0.4 is 0 Å². The Morgan fingerprint density at radius 1 is 1.30 bits per heavy atom. The molecule has 1 heterocycles. The van der Waals surface area contributed by atoms with Gasteiger partial charge in [-0.1, -0.05) is 18.2 Å². The van der Waals surface area contributed by atoms with Gasteiger partial charge in [0, 0.05) is 19.1 Å². The van der Waals surface area contributed by atoms with Gasteiger partial charge in [0.1, 0.15) is 0 Å². The normalized spacial score (nSPS) is 22.2. The van der Waals surface area contributed by atoms with Crippen LogP contribution in [0.4, 0.5) is 0 Å². The van der Waals surface area contributed by atoms with Gasteiger partial charge in [0.25, 0.3) is 0 Å². The standard InChI is InChI=1S/C17H28N2O/c1-13-7-8-15(10-14(13)2)17(20)12-19-9-5-6-16(11-19)18(3)4/h7-8,10,16-17,20H,5-6,9,11-12H2,1-4H3. The SMILES string of the molecule is Cc1ccc(C(O)CN2CCCC(N(C)C)C2)cc1C. The van der Waals surface area contributed by atoms with Gasteiger partial charge in [0.05, 0.1) is 6.10 Å². The molecule has 0 aliphatic carbocycles. The highest BCUT2D eigenvalue weighted by Crippen LogP contribution is 2.21. The van der Waals surface area contributed by atoms with E-state index in [1.165, 1.54) is 24.0 Å².